The van der Waals surface area contributed by atoms with Crippen LogP contribution in [0.5, 0.6) is 0 Å². The van der Waals surface area contributed by atoms with Crippen molar-refractivity contribution in [1.82, 2.24) is 4.90 Å². The van der Waals surface area contributed by atoms with Crippen molar-refractivity contribution >= 4 is 29.2 Å². The molecule has 0 spiro atoms. The number of nitrogens with one attached hydrogen (secondary N) is 2. The van der Waals surface area contributed by atoms with Gasteiger partial charge in [-0.1, -0.05) is 0 Å². The van der Waals surface area contributed by atoms with E-state index in [4.69, 9.17) is 0 Å². The van der Waals surface area contributed by atoms with E-state index in [1.54, 1.807) is 12.3 Å². The first-order chi connectivity index (χ1) is 13.8. The Kier molecular flexibility index (Phi) is 6.64. The first-order valence-electron chi connectivity index (χ1n) is 10.1. The van der Waals surface area contributed by atoms with Crippen molar-refractivity contribution in [2.75, 3.05) is 23.7 Å². The Labute approximate surface area is 172 Å². The lowest BCUT2D eigenvalue weighted by Crippen LogP contribution is -2.40. The predicted molar refractivity (Wildman–Crippen MR) is 118 cm³/mol. The van der Waals surface area contributed by atoms with Gasteiger partial charge < -0.3 is 10.6 Å². The molecule has 0 saturated heterocycles. The van der Waals surface area contributed by atoms with Gasteiger partial charge in [-0.05, 0) is 75.7 Å². The molecule has 1 unspecified atom stereocenters. The van der Waals surface area contributed by atoms with E-state index in [9.17, 15) is 9.18 Å². The zero-order valence-electron chi connectivity index (χ0n) is 17.4. The van der Waals surface area contributed by atoms with Gasteiger partial charge >= 0.3 is 0 Å². The van der Waals surface area contributed by atoms with Crippen molar-refractivity contribution in [3.63, 3.8) is 0 Å². The molecule has 0 saturated carbocycles. The fourth-order valence-electron chi connectivity index (χ4n) is 3.67. The highest BCUT2D eigenvalue weighted by Gasteiger charge is 2.29. The normalized spacial score (nSPS) is 16.1. The fraction of sp³-hybridized carbons (Fsp3) is 0.391. The molecule has 0 aliphatic carbocycles. The molecule has 0 fully saturated rings. The summed E-state index contributed by atoms with van der Waals surface area (Å²) in [6.45, 7) is 10.7. The van der Waals surface area contributed by atoms with Gasteiger partial charge in [0.2, 0.25) is 5.91 Å². The molecule has 3 rings (SSSR count). The number of carbonyl (C=O) groups excluding carboxylic acids is 1. The molecule has 1 aliphatic heterocycles. The number of carbonyl (C=O) groups is 1. The van der Waals surface area contributed by atoms with Gasteiger partial charge in [-0.15, -0.1) is 0 Å². The number of hydrogen-bond acceptors (Lipinski definition) is 4. The lowest BCUT2D eigenvalue weighted by atomic mass is 10.0. The van der Waals surface area contributed by atoms with Gasteiger partial charge in [0.1, 0.15) is 11.7 Å². The minimum absolute atomic E-state index is 0.188. The third kappa shape index (κ3) is 5.21. The van der Waals surface area contributed by atoms with Crippen LogP contribution in [0.4, 0.5) is 21.5 Å². The molecule has 2 aromatic rings. The zero-order valence-corrected chi connectivity index (χ0v) is 17.4. The van der Waals surface area contributed by atoms with Crippen LogP contribution in [0.2, 0.25) is 0 Å². The van der Waals surface area contributed by atoms with E-state index < -0.39 is 5.92 Å². The lowest BCUT2D eigenvalue weighted by Gasteiger charge is -2.30. The van der Waals surface area contributed by atoms with Crippen LogP contribution in [0.1, 0.15) is 39.2 Å². The van der Waals surface area contributed by atoms with Gasteiger partial charge in [0, 0.05) is 42.8 Å². The number of rotatable bonds is 8. The summed E-state index contributed by atoms with van der Waals surface area (Å²) in [5, 5.41) is 6.19. The lowest BCUT2D eigenvalue weighted by molar-refractivity contribution is -0.115. The summed E-state index contributed by atoms with van der Waals surface area (Å²) >= 11 is 0. The van der Waals surface area contributed by atoms with Crippen molar-refractivity contribution in [1.29, 1.82) is 0 Å². The van der Waals surface area contributed by atoms with Gasteiger partial charge in [0.15, 0.2) is 0 Å². The minimum atomic E-state index is -0.573. The molecule has 29 heavy (non-hydrogen) atoms. The van der Waals surface area contributed by atoms with Crippen LogP contribution in [0.15, 0.2) is 47.5 Å². The summed E-state index contributed by atoms with van der Waals surface area (Å²) in [6.07, 6.45) is 1.58. The second-order valence-corrected chi connectivity index (χ2v) is 7.88. The second-order valence-electron chi connectivity index (χ2n) is 7.88. The van der Waals surface area contributed by atoms with E-state index >= 15 is 0 Å². The average molecular weight is 397 g/mol. The first kappa shape index (κ1) is 21.0. The van der Waals surface area contributed by atoms with E-state index in [0.717, 1.165) is 24.5 Å². The summed E-state index contributed by atoms with van der Waals surface area (Å²) in [5.74, 6) is -1.12. The molecule has 2 aromatic carbocycles. The molecule has 1 heterocycles. The smallest absolute Gasteiger partial charge is 0.237 e. The number of fused-ring (bicyclic) bond motifs is 1. The Morgan fingerprint density at radius 1 is 1.14 bits per heavy atom. The summed E-state index contributed by atoms with van der Waals surface area (Å²) in [5.41, 5.74) is 3.04. The Balaban J connectivity index is 1.59. The van der Waals surface area contributed by atoms with E-state index in [-0.39, 0.29) is 11.7 Å². The number of hydrogen-bond donors (Lipinski definition) is 2. The maximum Gasteiger partial charge on any atom is 0.237 e. The molecule has 0 bridgehead atoms. The van der Waals surface area contributed by atoms with Crippen molar-refractivity contribution < 1.29 is 9.18 Å². The second kappa shape index (κ2) is 9.18. The van der Waals surface area contributed by atoms with Crippen molar-refractivity contribution in [2.45, 2.75) is 45.7 Å². The van der Waals surface area contributed by atoms with Crippen LogP contribution in [-0.2, 0) is 4.79 Å². The minimum Gasteiger partial charge on any atom is -0.384 e. The Bertz CT molecular complexity index is 869. The standard InChI is InChI=1S/C23H29FN4O/c1-15(2)28(16(3)4)12-11-25-18-6-8-19(9-7-18)26-14-21-20-13-17(24)5-10-22(20)27-23(21)29/h5-10,13-16,21,25H,11-12H2,1-4H3,(H,27,29). The Hall–Kier alpha value is -2.73. The predicted octanol–water partition coefficient (Wildman–Crippen LogP) is 4.79. The first-order valence-corrected chi connectivity index (χ1v) is 10.1. The summed E-state index contributed by atoms with van der Waals surface area (Å²) < 4.78 is 13.5. The SMILES string of the molecule is CC(C)N(CCNc1ccc(N=CC2C(=O)Nc3ccc(F)cc32)cc1)C(C)C. The van der Waals surface area contributed by atoms with Crippen LogP contribution in [0.25, 0.3) is 0 Å². The maximum absolute atomic E-state index is 13.5. The molecule has 1 amide bonds. The quantitative estimate of drug-likeness (QED) is 0.631. The number of aliphatic imine (C=N–C) groups is 1. The topological polar surface area (TPSA) is 56.7 Å². The molecular weight excluding hydrogens is 367 g/mol. The van der Waals surface area contributed by atoms with Crippen LogP contribution in [0.3, 0.4) is 0 Å². The largest absolute Gasteiger partial charge is 0.384 e. The van der Waals surface area contributed by atoms with E-state index in [1.807, 2.05) is 24.3 Å². The highest BCUT2D eigenvalue weighted by molar-refractivity contribution is 6.12. The van der Waals surface area contributed by atoms with Crippen LogP contribution in [0, 0.1) is 5.82 Å². The molecule has 1 aliphatic rings. The Morgan fingerprint density at radius 2 is 1.83 bits per heavy atom. The number of amides is 1. The highest BCUT2D eigenvalue weighted by atomic mass is 19.1. The Morgan fingerprint density at radius 3 is 2.48 bits per heavy atom. The van der Waals surface area contributed by atoms with Gasteiger partial charge in [0.05, 0.1) is 5.69 Å². The van der Waals surface area contributed by atoms with Crippen LogP contribution in [-0.4, -0.2) is 42.2 Å². The molecule has 1 atom stereocenters. The van der Waals surface area contributed by atoms with E-state index in [1.165, 1.54) is 12.1 Å². The van der Waals surface area contributed by atoms with Gasteiger partial charge in [-0.2, -0.15) is 0 Å². The van der Waals surface area contributed by atoms with Crippen molar-refractivity contribution in [2.24, 2.45) is 4.99 Å². The van der Waals surface area contributed by atoms with E-state index in [2.05, 4.69) is 48.2 Å². The van der Waals surface area contributed by atoms with Crippen LogP contribution >= 0.6 is 0 Å². The summed E-state index contributed by atoms with van der Waals surface area (Å²) in [6, 6.07) is 13.1. The molecule has 5 nitrogen and oxygen atoms in total. The van der Waals surface area contributed by atoms with Crippen LogP contribution < -0.4 is 10.6 Å². The van der Waals surface area contributed by atoms with Gasteiger partial charge in [0.25, 0.3) is 0 Å². The third-order valence-corrected chi connectivity index (χ3v) is 5.15. The number of anilines is 2. The molecule has 0 aromatic heterocycles. The number of nitrogens with zero attached hydrogens (tertiary/aromatic N) is 2. The highest BCUT2D eigenvalue weighted by Crippen LogP contribution is 2.32. The molecule has 2 N–H and O–H groups in total. The average Bonchev–Trinajstić information content (AvgIpc) is 2.98. The maximum atomic E-state index is 13.5. The molecule has 6 heteroatoms. The zero-order chi connectivity index (χ0) is 21.0. The monoisotopic (exact) mass is 396 g/mol. The van der Waals surface area contributed by atoms with Gasteiger partial charge in [-0.25, -0.2) is 4.39 Å². The molecule has 0 radical (unpaired) electrons. The van der Waals surface area contributed by atoms with Crippen molar-refractivity contribution in [3.8, 4) is 0 Å². The third-order valence-electron chi connectivity index (χ3n) is 5.15. The molecular formula is C23H29FN4O. The summed E-state index contributed by atoms with van der Waals surface area (Å²) in [7, 11) is 0. The summed E-state index contributed by atoms with van der Waals surface area (Å²) in [4.78, 5) is 19.0. The molecule has 154 valence electrons. The van der Waals surface area contributed by atoms with E-state index in [0.29, 0.717) is 23.3 Å². The van der Waals surface area contributed by atoms with Gasteiger partial charge in [-0.3, -0.25) is 14.7 Å². The fourth-order valence-corrected chi connectivity index (χ4v) is 3.67. The van der Waals surface area contributed by atoms with Crippen molar-refractivity contribution in [3.05, 3.63) is 53.8 Å². The number of halogens is 1. The number of benzene rings is 2.